The Bertz CT molecular complexity index is 124. The largest absolute Gasteiger partial charge is 0.372 e. The summed E-state index contributed by atoms with van der Waals surface area (Å²) < 4.78 is 0. The molecule has 0 amide bonds. The lowest BCUT2D eigenvalue weighted by atomic mass is 10.2. The highest BCUT2D eigenvalue weighted by Gasteiger charge is 2.28. The Labute approximate surface area is 54.3 Å². The van der Waals surface area contributed by atoms with Crippen molar-refractivity contribution in [3.63, 3.8) is 0 Å². The zero-order valence-electron chi connectivity index (χ0n) is 5.46. The Morgan fingerprint density at radius 3 is 2.56 bits per heavy atom. The second kappa shape index (κ2) is 2.35. The normalized spacial score (nSPS) is 28.8. The minimum atomic E-state index is -0.935. The van der Waals surface area contributed by atoms with Gasteiger partial charge in [0.05, 0.1) is 0 Å². The summed E-state index contributed by atoms with van der Waals surface area (Å²) in [6, 6.07) is -0.329. The van der Waals surface area contributed by atoms with Crippen LogP contribution in [0.3, 0.4) is 0 Å². The average molecular weight is 128 g/mol. The second-order valence-corrected chi connectivity index (χ2v) is 2.46. The maximum Gasteiger partial charge on any atom is 0.372 e. The molecule has 51 valence electrons. The third kappa shape index (κ3) is 1.21. The van der Waals surface area contributed by atoms with Crippen molar-refractivity contribution < 1.29 is 9.90 Å². The monoisotopic (exact) mass is 128 g/mol. The Balaban J connectivity index is 2.49. The Morgan fingerprint density at radius 2 is 2.33 bits per heavy atom. The van der Waals surface area contributed by atoms with Crippen molar-refractivity contribution in [1.82, 2.24) is 4.90 Å². The van der Waals surface area contributed by atoms with E-state index in [4.69, 9.17) is 0 Å². The van der Waals surface area contributed by atoms with Gasteiger partial charge in [-0.3, -0.25) is 4.90 Å². The standard InChI is InChI=1S/C6H10NO2/c1-7-4-2-3-5(7)6(8)9/h5H,2-4H2,1H3. The molecule has 0 aromatic carbocycles. The number of likely N-dealkylation sites (tertiary alicyclic amines) is 1. The van der Waals surface area contributed by atoms with Crippen molar-refractivity contribution in [2.45, 2.75) is 18.9 Å². The fraction of sp³-hybridized carbons (Fsp3) is 0.833. The van der Waals surface area contributed by atoms with Gasteiger partial charge < -0.3 is 0 Å². The molecule has 1 unspecified atom stereocenters. The van der Waals surface area contributed by atoms with Crippen LogP contribution in [0.4, 0.5) is 0 Å². The Morgan fingerprint density at radius 1 is 1.67 bits per heavy atom. The second-order valence-electron chi connectivity index (χ2n) is 2.46. The van der Waals surface area contributed by atoms with Gasteiger partial charge in [0.15, 0.2) is 0 Å². The van der Waals surface area contributed by atoms with Crippen LogP contribution in [-0.2, 0) is 9.90 Å². The molecule has 1 heterocycles. The maximum atomic E-state index is 10.3. The lowest BCUT2D eigenvalue weighted by molar-refractivity contribution is -0.147. The summed E-state index contributed by atoms with van der Waals surface area (Å²) in [5.41, 5.74) is 0. The number of hydrogen-bond donors (Lipinski definition) is 0. The van der Waals surface area contributed by atoms with Crippen LogP contribution in [0.2, 0.25) is 0 Å². The van der Waals surface area contributed by atoms with Gasteiger partial charge in [0.25, 0.3) is 0 Å². The van der Waals surface area contributed by atoms with Crippen molar-refractivity contribution in [2.75, 3.05) is 13.6 Å². The summed E-state index contributed by atoms with van der Waals surface area (Å²) in [5.74, 6) is -0.935. The molecule has 0 saturated carbocycles. The van der Waals surface area contributed by atoms with Gasteiger partial charge in [0.2, 0.25) is 0 Å². The summed E-state index contributed by atoms with van der Waals surface area (Å²) in [4.78, 5) is 12.1. The fourth-order valence-electron chi connectivity index (χ4n) is 1.21. The molecular formula is C6H10NO2. The Hall–Kier alpha value is -0.570. The van der Waals surface area contributed by atoms with Gasteiger partial charge in [0.1, 0.15) is 6.04 Å². The predicted molar refractivity (Wildman–Crippen MR) is 31.3 cm³/mol. The van der Waals surface area contributed by atoms with Crippen molar-refractivity contribution in [3.05, 3.63) is 0 Å². The fourth-order valence-corrected chi connectivity index (χ4v) is 1.21. The molecule has 1 saturated heterocycles. The maximum absolute atomic E-state index is 10.3. The van der Waals surface area contributed by atoms with E-state index >= 15 is 0 Å². The quantitative estimate of drug-likeness (QED) is 0.500. The molecule has 0 aromatic rings. The van der Waals surface area contributed by atoms with Gasteiger partial charge in [-0.25, -0.2) is 9.90 Å². The highest BCUT2D eigenvalue weighted by Crippen LogP contribution is 2.14. The van der Waals surface area contributed by atoms with Crippen LogP contribution in [0.25, 0.3) is 0 Å². The highest BCUT2D eigenvalue weighted by atomic mass is 16.4. The molecule has 1 aliphatic heterocycles. The molecule has 0 aromatic heterocycles. The molecule has 9 heavy (non-hydrogen) atoms. The van der Waals surface area contributed by atoms with Crippen LogP contribution < -0.4 is 0 Å². The first-order valence-electron chi connectivity index (χ1n) is 3.13. The van der Waals surface area contributed by atoms with Gasteiger partial charge in [-0.1, -0.05) is 0 Å². The molecule has 1 rings (SSSR count). The SMILES string of the molecule is CN1CCCC1C([O])=O. The molecule has 0 spiro atoms. The van der Waals surface area contributed by atoms with Gasteiger partial charge in [-0.15, -0.1) is 0 Å². The van der Waals surface area contributed by atoms with E-state index in [-0.39, 0.29) is 6.04 Å². The van der Waals surface area contributed by atoms with E-state index in [9.17, 15) is 9.90 Å². The van der Waals surface area contributed by atoms with Gasteiger partial charge in [0, 0.05) is 0 Å². The van der Waals surface area contributed by atoms with Crippen LogP contribution in [0.1, 0.15) is 12.8 Å². The molecule has 1 aliphatic rings. The van der Waals surface area contributed by atoms with Crippen LogP contribution >= 0.6 is 0 Å². The van der Waals surface area contributed by atoms with Crippen molar-refractivity contribution in [2.24, 2.45) is 0 Å². The van der Waals surface area contributed by atoms with Crippen LogP contribution in [0, 0.1) is 0 Å². The highest BCUT2D eigenvalue weighted by molar-refractivity contribution is 5.73. The van der Waals surface area contributed by atoms with E-state index in [1.165, 1.54) is 0 Å². The summed E-state index contributed by atoms with van der Waals surface area (Å²) in [6.07, 6.45) is 1.73. The lowest BCUT2D eigenvalue weighted by Crippen LogP contribution is -2.31. The van der Waals surface area contributed by atoms with Crippen LogP contribution in [0.15, 0.2) is 0 Å². The van der Waals surface area contributed by atoms with Crippen LogP contribution in [0.5, 0.6) is 0 Å². The number of likely N-dealkylation sites (N-methyl/N-ethyl adjacent to an activating group) is 1. The van der Waals surface area contributed by atoms with Gasteiger partial charge in [-0.05, 0) is 26.4 Å². The predicted octanol–water partition coefficient (Wildman–Crippen LogP) is 0.0377. The minimum Gasteiger partial charge on any atom is -0.293 e. The van der Waals surface area contributed by atoms with E-state index in [1.54, 1.807) is 0 Å². The van der Waals surface area contributed by atoms with E-state index in [0.717, 1.165) is 19.4 Å². The summed E-state index contributed by atoms with van der Waals surface area (Å²) in [6.45, 7) is 0.888. The van der Waals surface area contributed by atoms with Crippen molar-refractivity contribution in [3.8, 4) is 0 Å². The number of carbonyl (C=O) groups excluding carboxylic acids is 1. The van der Waals surface area contributed by atoms with Gasteiger partial charge in [-0.2, -0.15) is 0 Å². The van der Waals surface area contributed by atoms with Crippen LogP contribution in [-0.4, -0.2) is 30.5 Å². The third-order valence-corrected chi connectivity index (χ3v) is 1.79. The summed E-state index contributed by atoms with van der Waals surface area (Å²) >= 11 is 0. The summed E-state index contributed by atoms with van der Waals surface area (Å²) in [7, 11) is 1.81. The molecule has 0 bridgehead atoms. The Kier molecular flexibility index (Phi) is 1.71. The first-order chi connectivity index (χ1) is 4.22. The number of carbonyl (C=O) groups is 1. The van der Waals surface area contributed by atoms with Gasteiger partial charge >= 0.3 is 5.97 Å². The lowest BCUT2D eigenvalue weighted by Gasteiger charge is -2.11. The van der Waals surface area contributed by atoms with E-state index in [2.05, 4.69) is 0 Å². The minimum absolute atomic E-state index is 0.329. The zero-order chi connectivity index (χ0) is 6.85. The van der Waals surface area contributed by atoms with Crippen molar-refractivity contribution in [1.29, 1.82) is 0 Å². The zero-order valence-corrected chi connectivity index (χ0v) is 5.46. The molecule has 1 atom stereocenters. The number of hydrogen-bond acceptors (Lipinski definition) is 2. The average Bonchev–Trinajstić information content (AvgIpc) is 2.13. The number of rotatable bonds is 1. The molecule has 0 aliphatic carbocycles. The molecule has 1 radical (unpaired) electrons. The third-order valence-electron chi connectivity index (χ3n) is 1.79. The van der Waals surface area contributed by atoms with E-state index in [0.29, 0.717) is 0 Å². The molecular weight excluding hydrogens is 118 g/mol. The van der Waals surface area contributed by atoms with E-state index in [1.807, 2.05) is 11.9 Å². The smallest absolute Gasteiger partial charge is 0.293 e. The topological polar surface area (TPSA) is 40.2 Å². The van der Waals surface area contributed by atoms with Crippen molar-refractivity contribution >= 4 is 5.97 Å². The summed E-state index contributed by atoms with van der Waals surface area (Å²) in [5, 5.41) is 10.3. The molecule has 3 nitrogen and oxygen atoms in total. The number of nitrogens with zero attached hydrogens (tertiary/aromatic N) is 1. The molecule has 1 fully saturated rings. The molecule has 3 heteroatoms. The first kappa shape index (κ1) is 6.55. The van der Waals surface area contributed by atoms with E-state index < -0.39 is 5.97 Å². The molecule has 0 N–H and O–H groups in total. The first-order valence-corrected chi connectivity index (χ1v) is 3.13.